The van der Waals surface area contributed by atoms with Crippen LogP contribution in [0.4, 0.5) is 11.4 Å². The summed E-state index contributed by atoms with van der Waals surface area (Å²) in [6, 6.07) is 6.14. The Hall–Kier alpha value is -1.38. The van der Waals surface area contributed by atoms with Crippen LogP contribution in [-0.2, 0) is 0 Å². The summed E-state index contributed by atoms with van der Waals surface area (Å²) in [6.07, 6.45) is 0. The van der Waals surface area contributed by atoms with E-state index in [1.165, 1.54) is 0 Å². The van der Waals surface area contributed by atoms with E-state index in [4.69, 9.17) is 4.74 Å². The van der Waals surface area contributed by atoms with Crippen LogP contribution in [0.5, 0.6) is 5.75 Å². The van der Waals surface area contributed by atoms with E-state index in [1.54, 1.807) is 0 Å². The SMILES string of the molecule is CC.CC.CNc1ccc2c(c1)N(C)CCO2. The molecule has 0 spiro atoms. The number of fused-ring (bicyclic) bond motifs is 1. The number of rotatable bonds is 1. The smallest absolute Gasteiger partial charge is 0.142 e. The van der Waals surface area contributed by atoms with Crippen molar-refractivity contribution in [3.05, 3.63) is 18.2 Å². The fraction of sp³-hybridized carbons (Fsp3) is 0.571. The van der Waals surface area contributed by atoms with Crippen LogP contribution < -0.4 is 15.0 Å². The summed E-state index contributed by atoms with van der Waals surface area (Å²) >= 11 is 0. The van der Waals surface area contributed by atoms with Gasteiger partial charge in [0.05, 0.1) is 12.2 Å². The second kappa shape index (κ2) is 8.74. The van der Waals surface area contributed by atoms with Crippen molar-refractivity contribution in [1.82, 2.24) is 0 Å². The van der Waals surface area contributed by atoms with E-state index in [2.05, 4.69) is 23.3 Å². The lowest BCUT2D eigenvalue weighted by Gasteiger charge is -2.27. The fourth-order valence-electron chi connectivity index (χ4n) is 1.51. The Kier molecular flexibility index (Phi) is 8.03. The minimum atomic E-state index is 0.780. The van der Waals surface area contributed by atoms with E-state index in [0.717, 1.165) is 30.3 Å². The number of benzene rings is 1. The maximum Gasteiger partial charge on any atom is 0.142 e. The molecule has 0 atom stereocenters. The first-order valence-electron chi connectivity index (χ1n) is 6.47. The highest BCUT2D eigenvalue weighted by Crippen LogP contribution is 2.32. The maximum absolute atomic E-state index is 5.52. The number of ether oxygens (including phenoxy) is 1. The van der Waals surface area contributed by atoms with Gasteiger partial charge in [0.1, 0.15) is 12.4 Å². The first-order chi connectivity index (χ1) is 8.31. The van der Waals surface area contributed by atoms with Crippen molar-refractivity contribution in [1.29, 1.82) is 0 Å². The van der Waals surface area contributed by atoms with E-state index in [9.17, 15) is 0 Å². The third-order valence-corrected chi connectivity index (χ3v) is 2.34. The standard InChI is InChI=1S/C10H14N2O.2C2H6/c1-11-8-3-4-10-9(7-8)12(2)5-6-13-10;2*1-2/h3-4,7,11H,5-6H2,1-2H3;2*1-2H3. The second-order valence-corrected chi connectivity index (χ2v) is 3.20. The van der Waals surface area contributed by atoms with E-state index >= 15 is 0 Å². The van der Waals surface area contributed by atoms with Crippen LogP contribution in [0.3, 0.4) is 0 Å². The zero-order valence-corrected chi connectivity index (χ0v) is 12.0. The van der Waals surface area contributed by atoms with Crippen LogP contribution in [-0.4, -0.2) is 27.2 Å². The quantitative estimate of drug-likeness (QED) is 0.809. The van der Waals surface area contributed by atoms with Crippen molar-refractivity contribution in [2.75, 3.05) is 37.5 Å². The summed E-state index contributed by atoms with van der Waals surface area (Å²) in [5, 5.41) is 3.12. The van der Waals surface area contributed by atoms with Gasteiger partial charge in [-0.25, -0.2) is 0 Å². The van der Waals surface area contributed by atoms with Crippen LogP contribution in [0.15, 0.2) is 18.2 Å². The third-order valence-electron chi connectivity index (χ3n) is 2.34. The molecule has 0 unspecified atom stereocenters. The molecule has 1 aromatic carbocycles. The summed E-state index contributed by atoms with van der Waals surface area (Å²) in [5.74, 6) is 0.979. The predicted octanol–water partition coefficient (Wildman–Crippen LogP) is 3.61. The molecule has 0 saturated heterocycles. The molecule has 0 aromatic heterocycles. The van der Waals surface area contributed by atoms with E-state index in [1.807, 2.05) is 46.9 Å². The van der Waals surface area contributed by atoms with Crippen molar-refractivity contribution in [3.63, 3.8) is 0 Å². The monoisotopic (exact) mass is 238 g/mol. The molecule has 17 heavy (non-hydrogen) atoms. The fourth-order valence-corrected chi connectivity index (χ4v) is 1.51. The molecule has 0 aliphatic carbocycles. The molecular formula is C14H26N2O. The van der Waals surface area contributed by atoms with Crippen molar-refractivity contribution >= 4 is 11.4 Å². The lowest BCUT2D eigenvalue weighted by atomic mass is 10.2. The predicted molar refractivity (Wildman–Crippen MR) is 77.4 cm³/mol. The van der Waals surface area contributed by atoms with Crippen LogP contribution in [0.2, 0.25) is 0 Å². The molecule has 1 aliphatic heterocycles. The molecule has 2 rings (SSSR count). The molecule has 98 valence electrons. The molecule has 0 radical (unpaired) electrons. The maximum atomic E-state index is 5.52. The molecule has 1 aliphatic rings. The van der Waals surface area contributed by atoms with Gasteiger partial charge in [0.2, 0.25) is 0 Å². The summed E-state index contributed by atoms with van der Waals surface area (Å²) < 4.78 is 5.52. The Bertz CT molecular complexity index is 313. The Morgan fingerprint density at radius 3 is 2.41 bits per heavy atom. The highest BCUT2D eigenvalue weighted by atomic mass is 16.5. The first kappa shape index (κ1) is 15.6. The molecular weight excluding hydrogens is 212 g/mol. The largest absolute Gasteiger partial charge is 0.490 e. The number of likely N-dealkylation sites (N-methyl/N-ethyl adjacent to an activating group) is 1. The number of nitrogens with one attached hydrogen (secondary N) is 1. The number of anilines is 2. The van der Waals surface area contributed by atoms with Gasteiger partial charge < -0.3 is 15.0 Å². The summed E-state index contributed by atoms with van der Waals surface area (Å²) in [4.78, 5) is 2.21. The Morgan fingerprint density at radius 1 is 1.18 bits per heavy atom. The number of nitrogens with zero attached hydrogens (tertiary/aromatic N) is 1. The topological polar surface area (TPSA) is 24.5 Å². The molecule has 0 bridgehead atoms. The molecule has 1 N–H and O–H groups in total. The van der Waals surface area contributed by atoms with E-state index < -0.39 is 0 Å². The van der Waals surface area contributed by atoms with Crippen LogP contribution in [0, 0.1) is 0 Å². The number of hydrogen-bond acceptors (Lipinski definition) is 3. The minimum absolute atomic E-state index is 0.780. The van der Waals surface area contributed by atoms with Crippen molar-refractivity contribution in [2.24, 2.45) is 0 Å². The average molecular weight is 238 g/mol. The lowest BCUT2D eigenvalue weighted by Crippen LogP contribution is -2.28. The number of hydrogen-bond donors (Lipinski definition) is 1. The van der Waals surface area contributed by atoms with Gasteiger partial charge in [-0.15, -0.1) is 0 Å². The summed E-state index contributed by atoms with van der Waals surface area (Å²) in [5.41, 5.74) is 2.29. The average Bonchev–Trinajstić information content (AvgIpc) is 2.43. The van der Waals surface area contributed by atoms with Gasteiger partial charge in [0, 0.05) is 19.8 Å². The first-order valence-corrected chi connectivity index (χ1v) is 6.47. The molecule has 0 fully saturated rings. The Balaban J connectivity index is 0.000000581. The van der Waals surface area contributed by atoms with Crippen LogP contribution in [0.1, 0.15) is 27.7 Å². The van der Waals surface area contributed by atoms with Gasteiger partial charge >= 0.3 is 0 Å². The lowest BCUT2D eigenvalue weighted by molar-refractivity contribution is 0.311. The Morgan fingerprint density at radius 2 is 1.82 bits per heavy atom. The zero-order chi connectivity index (χ0) is 13.3. The van der Waals surface area contributed by atoms with Gasteiger partial charge in [0.15, 0.2) is 0 Å². The van der Waals surface area contributed by atoms with Crippen molar-refractivity contribution in [3.8, 4) is 5.75 Å². The van der Waals surface area contributed by atoms with Crippen LogP contribution >= 0.6 is 0 Å². The van der Waals surface area contributed by atoms with Crippen molar-refractivity contribution < 1.29 is 4.74 Å². The normalized spacial score (nSPS) is 12.0. The minimum Gasteiger partial charge on any atom is -0.490 e. The molecule has 3 heteroatoms. The highest BCUT2D eigenvalue weighted by Gasteiger charge is 2.14. The molecule has 1 aromatic rings. The van der Waals surface area contributed by atoms with Gasteiger partial charge in [-0.05, 0) is 18.2 Å². The van der Waals surface area contributed by atoms with Gasteiger partial charge in [0.25, 0.3) is 0 Å². The molecule has 0 saturated carbocycles. The molecule has 3 nitrogen and oxygen atoms in total. The van der Waals surface area contributed by atoms with Gasteiger partial charge in [-0.2, -0.15) is 0 Å². The van der Waals surface area contributed by atoms with Gasteiger partial charge in [-0.1, -0.05) is 27.7 Å². The highest BCUT2D eigenvalue weighted by molar-refractivity contribution is 5.66. The second-order valence-electron chi connectivity index (χ2n) is 3.20. The van der Waals surface area contributed by atoms with E-state index in [0.29, 0.717) is 0 Å². The third kappa shape index (κ3) is 4.17. The van der Waals surface area contributed by atoms with E-state index in [-0.39, 0.29) is 0 Å². The van der Waals surface area contributed by atoms with Crippen molar-refractivity contribution in [2.45, 2.75) is 27.7 Å². The van der Waals surface area contributed by atoms with Crippen LogP contribution in [0.25, 0.3) is 0 Å². The summed E-state index contributed by atoms with van der Waals surface area (Å²) in [7, 11) is 4.01. The van der Waals surface area contributed by atoms with Gasteiger partial charge in [-0.3, -0.25) is 0 Å². The zero-order valence-electron chi connectivity index (χ0n) is 12.0. The molecule has 0 amide bonds. The molecule has 1 heterocycles. The Labute approximate surface area is 106 Å². The summed E-state index contributed by atoms with van der Waals surface area (Å²) in [6.45, 7) is 9.74.